The molecule has 172 valence electrons. The number of aliphatic imine (C=N–C) groups is 2. The van der Waals surface area contributed by atoms with Gasteiger partial charge in [0.25, 0.3) is 0 Å². The van der Waals surface area contributed by atoms with Crippen molar-refractivity contribution in [2.45, 2.75) is 66.7 Å². The maximum absolute atomic E-state index is 5.38. The van der Waals surface area contributed by atoms with Crippen molar-refractivity contribution in [2.24, 2.45) is 21.6 Å². The van der Waals surface area contributed by atoms with Gasteiger partial charge in [-0.15, -0.1) is 0 Å². The van der Waals surface area contributed by atoms with Gasteiger partial charge in [-0.1, -0.05) is 100 Å². The minimum Gasteiger partial charge on any atom is -0.403 e. The van der Waals surface area contributed by atoms with Crippen molar-refractivity contribution in [3.05, 3.63) is 89.9 Å². The summed E-state index contributed by atoms with van der Waals surface area (Å²) in [5.41, 5.74) is 11.9. The van der Waals surface area contributed by atoms with Crippen LogP contribution < -0.4 is 5.73 Å². The molecule has 0 aromatic heterocycles. The number of benzene rings is 1. The van der Waals surface area contributed by atoms with Crippen LogP contribution >= 0.6 is 0 Å². The van der Waals surface area contributed by atoms with Crippen LogP contribution in [0.3, 0.4) is 0 Å². The number of hydrogen-bond donors (Lipinski definition) is 1. The zero-order valence-electron chi connectivity index (χ0n) is 20.6. The summed E-state index contributed by atoms with van der Waals surface area (Å²) in [6.07, 6.45) is 19.3. The van der Waals surface area contributed by atoms with Gasteiger partial charge >= 0.3 is 0 Å². The highest BCUT2D eigenvalue weighted by atomic mass is 14.8. The Kier molecular flexibility index (Phi) is 13.4. The molecule has 1 atom stereocenters. The summed E-state index contributed by atoms with van der Waals surface area (Å²) in [6, 6.07) is 8.40. The Bertz CT molecular complexity index is 895. The first-order chi connectivity index (χ1) is 15.4. The molecule has 32 heavy (non-hydrogen) atoms. The number of nitrogens with zero attached hydrogens (tertiary/aromatic N) is 2. The Hall–Kier alpha value is -2.94. The molecule has 0 saturated carbocycles. The molecule has 3 heteroatoms. The Morgan fingerprint density at radius 3 is 2.56 bits per heavy atom. The number of aryl methyl sites for hydroxylation is 1. The Labute approximate surface area is 196 Å². The van der Waals surface area contributed by atoms with Gasteiger partial charge in [0.15, 0.2) is 0 Å². The van der Waals surface area contributed by atoms with Crippen molar-refractivity contribution >= 4 is 17.5 Å². The maximum atomic E-state index is 5.38. The first kappa shape index (κ1) is 27.1. The van der Waals surface area contributed by atoms with Crippen LogP contribution in [0.5, 0.6) is 0 Å². The molecule has 1 rings (SSSR count). The van der Waals surface area contributed by atoms with Crippen molar-refractivity contribution in [3.63, 3.8) is 0 Å². The third kappa shape index (κ3) is 10.9. The Morgan fingerprint density at radius 1 is 1.12 bits per heavy atom. The summed E-state index contributed by atoms with van der Waals surface area (Å²) in [7, 11) is 0. The van der Waals surface area contributed by atoms with Gasteiger partial charge < -0.3 is 5.73 Å². The van der Waals surface area contributed by atoms with E-state index in [2.05, 4.69) is 75.7 Å². The van der Waals surface area contributed by atoms with E-state index in [1.165, 1.54) is 37.4 Å². The maximum Gasteiger partial charge on any atom is 0.0555 e. The van der Waals surface area contributed by atoms with Crippen LogP contribution in [0.15, 0.2) is 88.8 Å². The molecular weight excluding hydrogens is 390 g/mol. The van der Waals surface area contributed by atoms with Crippen molar-refractivity contribution in [1.82, 2.24) is 0 Å². The molecule has 0 bridgehead atoms. The van der Waals surface area contributed by atoms with Gasteiger partial charge in [-0.05, 0) is 49.8 Å². The molecule has 0 heterocycles. The largest absolute Gasteiger partial charge is 0.403 e. The number of allylic oxidation sites excluding steroid dienone is 7. The van der Waals surface area contributed by atoms with Crippen molar-refractivity contribution in [1.29, 1.82) is 0 Å². The molecule has 0 saturated heterocycles. The summed E-state index contributed by atoms with van der Waals surface area (Å²) in [5.74, 6) is 0.386. The monoisotopic (exact) mass is 431 g/mol. The standard InChI is InChI=1S/C29H41N3/c1-7-8-9-10-16-25(4)29(32-22-27(6)31-20-19-30)26(5)17-12-11-15-24(3)28-18-13-14-23(2)21-28/h11-15,17-22,25H,3,7-10,16,30H2,1-2,4-6H3/b15-11+,17-12+,20-19+,29-26-,31-27?,32-22?. The molecule has 0 aliphatic rings. The van der Waals surface area contributed by atoms with Crippen LogP contribution in [0.2, 0.25) is 0 Å². The number of nitrogens with two attached hydrogens (primary N) is 1. The van der Waals surface area contributed by atoms with E-state index < -0.39 is 0 Å². The molecule has 1 aromatic rings. The summed E-state index contributed by atoms with van der Waals surface area (Å²) in [5, 5.41) is 0. The van der Waals surface area contributed by atoms with E-state index in [0.717, 1.165) is 34.5 Å². The van der Waals surface area contributed by atoms with Crippen LogP contribution in [-0.2, 0) is 0 Å². The lowest BCUT2D eigenvalue weighted by Crippen LogP contribution is -2.03. The SMILES string of the molecule is C=C(/C=C/C=C/C(C)=C(\N=CC(C)=N/C=C/N)C(C)CCCCCC)c1cccc(C)c1. The van der Waals surface area contributed by atoms with Gasteiger partial charge in [0.1, 0.15) is 0 Å². The fraction of sp³-hybridized carbons (Fsp3) is 0.379. The molecular formula is C29H41N3. The van der Waals surface area contributed by atoms with Crippen molar-refractivity contribution in [2.75, 3.05) is 0 Å². The van der Waals surface area contributed by atoms with Crippen LogP contribution in [0.25, 0.3) is 5.57 Å². The third-order valence-corrected chi connectivity index (χ3v) is 5.26. The Balaban J connectivity index is 2.98. The summed E-state index contributed by atoms with van der Waals surface area (Å²) in [6.45, 7) is 14.8. The van der Waals surface area contributed by atoms with E-state index in [4.69, 9.17) is 10.7 Å². The zero-order valence-corrected chi connectivity index (χ0v) is 20.6. The predicted octanol–water partition coefficient (Wildman–Crippen LogP) is 7.96. The summed E-state index contributed by atoms with van der Waals surface area (Å²) in [4.78, 5) is 9.05. The van der Waals surface area contributed by atoms with Crippen molar-refractivity contribution in [3.8, 4) is 0 Å². The van der Waals surface area contributed by atoms with Gasteiger partial charge in [0.2, 0.25) is 0 Å². The van der Waals surface area contributed by atoms with Gasteiger partial charge in [-0.2, -0.15) is 0 Å². The van der Waals surface area contributed by atoms with Crippen molar-refractivity contribution < 1.29 is 0 Å². The van der Waals surface area contributed by atoms with E-state index in [0.29, 0.717) is 5.92 Å². The third-order valence-electron chi connectivity index (χ3n) is 5.26. The number of hydrogen-bond acceptors (Lipinski definition) is 3. The Morgan fingerprint density at radius 2 is 1.88 bits per heavy atom. The minimum atomic E-state index is 0.386. The highest BCUT2D eigenvalue weighted by molar-refractivity contribution is 6.29. The molecule has 2 N–H and O–H groups in total. The normalized spacial score (nSPS) is 14.7. The van der Waals surface area contributed by atoms with Gasteiger partial charge in [-0.25, -0.2) is 0 Å². The van der Waals surface area contributed by atoms with Gasteiger partial charge in [-0.3, -0.25) is 9.98 Å². The molecule has 1 unspecified atom stereocenters. The average molecular weight is 432 g/mol. The molecule has 0 spiro atoms. The summed E-state index contributed by atoms with van der Waals surface area (Å²) < 4.78 is 0. The second kappa shape index (κ2) is 15.8. The highest BCUT2D eigenvalue weighted by Crippen LogP contribution is 2.23. The van der Waals surface area contributed by atoms with Gasteiger partial charge in [0.05, 0.1) is 5.71 Å². The van der Waals surface area contributed by atoms with E-state index >= 15 is 0 Å². The topological polar surface area (TPSA) is 50.7 Å². The van der Waals surface area contributed by atoms with Crippen LogP contribution in [0.1, 0.15) is 70.9 Å². The lowest BCUT2D eigenvalue weighted by atomic mass is 9.96. The fourth-order valence-electron chi connectivity index (χ4n) is 3.39. The number of unbranched alkanes of at least 4 members (excludes halogenated alkanes) is 3. The lowest BCUT2D eigenvalue weighted by Gasteiger charge is -2.14. The quantitative estimate of drug-likeness (QED) is 0.192. The van der Waals surface area contributed by atoms with Crippen LogP contribution in [0.4, 0.5) is 0 Å². The van der Waals surface area contributed by atoms with E-state index in [1.807, 2.05) is 25.3 Å². The first-order valence-electron chi connectivity index (χ1n) is 11.7. The molecule has 1 aromatic carbocycles. The zero-order chi connectivity index (χ0) is 23.8. The smallest absolute Gasteiger partial charge is 0.0555 e. The first-order valence-corrected chi connectivity index (χ1v) is 11.7. The van der Waals surface area contributed by atoms with Crippen LogP contribution in [0, 0.1) is 12.8 Å². The lowest BCUT2D eigenvalue weighted by molar-refractivity contribution is 0.537. The minimum absolute atomic E-state index is 0.386. The van der Waals surface area contributed by atoms with Gasteiger partial charge in [0, 0.05) is 24.3 Å². The van der Waals surface area contributed by atoms with E-state index in [9.17, 15) is 0 Å². The van der Waals surface area contributed by atoms with E-state index in [-0.39, 0.29) is 0 Å². The predicted molar refractivity (Wildman–Crippen MR) is 144 cm³/mol. The molecule has 0 radical (unpaired) electrons. The molecule has 0 aliphatic carbocycles. The average Bonchev–Trinajstić information content (AvgIpc) is 2.78. The fourth-order valence-corrected chi connectivity index (χ4v) is 3.39. The van der Waals surface area contributed by atoms with E-state index in [1.54, 1.807) is 6.20 Å². The molecule has 0 fully saturated rings. The molecule has 0 amide bonds. The molecule has 0 aliphatic heterocycles. The number of rotatable bonds is 13. The summed E-state index contributed by atoms with van der Waals surface area (Å²) >= 11 is 0. The highest BCUT2D eigenvalue weighted by Gasteiger charge is 2.10. The molecule has 3 nitrogen and oxygen atoms in total. The van der Waals surface area contributed by atoms with Crippen LogP contribution in [-0.4, -0.2) is 11.9 Å². The second-order valence-corrected chi connectivity index (χ2v) is 8.30. The second-order valence-electron chi connectivity index (χ2n) is 8.30.